The van der Waals surface area contributed by atoms with E-state index >= 15 is 0 Å². The van der Waals surface area contributed by atoms with E-state index in [1.54, 1.807) is 0 Å². The van der Waals surface area contributed by atoms with Crippen LogP contribution in [0, 0.1) is 0 Å². The molecule has 0 saturated carbocycles. The molecule has 0 aliphatic carbocycles. The number of rotatable bonds is 6. The summed E-state index contributed by atoms with van der Waals surface area (Å²) in [5, 5.41) is 8.98. The first-order valence-electron chi connectivity index (χ1n) is 9.11. The van der Waals surface area contributed by atoms with Gasteiger partial charge in [0, 0.05) is 13.0 Å². The minimum absolute atomic E-state index is 0.187. The Morgan fingerprint density at radius 2 is 1.93 bits per heavy atom. The molecule has 7 nitrogen and oxygen atoms in total. The van der Waals surface area contributed by atoms with E-state index in [9.17, 15) is 14.4 Å². The average Bonchev–Trinajstić information content (AvgIpc) is 3.10. The highest BCUT2D eigenvalue weighted by atomic mass is 16.6. The van der Waals surface area contributed by atoms with E-state index in [2.05, 4.69) is 10.5 Å². The SMILES string of the molecule is CO/N=C1\CC(C(=O)NCc2cccc3ccccc23)N(C(=O)CC(C)=O)C1. The first-order chi connectivity index (χ1) is 13.5. The van der Waals surface area contributed by atoms with E-state index in [1.807, 2.05) is 42.5 Å². The largest absolute Gasteiger partial charge is 0.399 e. The number of fused-ring (bicyclic) bond motifs is 1. The summed E-state index contributed by atoms with van der Waals surface area (Å²) >= 11 is 0. The third kappa shape index (κ3) is 4.36. The second kappa shape index (κ2) is 8.65. The summed E-state index contributed by atoms with van der Waals surface area (Å²) < 4.78 is 0. The number of carbonyl (C=O) groups excluding carboxylic acids is 3. The van der Waals surface area contributed by atoms with Crippen molar-refractivity contribution in [2.45, 2.75) is 32.4 Å². The fraction of sp³-hybridized carbons (Fsp3) is 0.333. The Balaban J connectivity index is 1.74. The Hall–Kier alpha value is -3.22. The van der Waals surface area contributed by atoms with E-state index in [0.29, 0.717) is 18.7 Å². The average molecular weight is 381 g/mol. The fourth-order valence-electron chi connectivity index (χ4n) is 3.46. The summed E-state index contributed by atoms with van der Waals surface area (Å²) in [6, 6.07) is 13.2. The Labute approximate surface area is 163 Å². The molecule has 1 aliphatic heterocycles. The normalized spacial score (nSPS) is 17.7. The number of benzene rings is 2. The van der Waals surface area contributed by atoms with E-state index in [-0.39, 0.29) is 30.6 Å². The maximum atomic E-state index is 12.8. The van der Waals surface area contributed by atoms with Crippen LogP contribution in [0.3, 0.4) is 0 Å². The molecule has 2 amide bonds. The first-order valence-corrected chi connectivity index (χ1v) is 9.11. The van der Waals surface area contributed by atoms with Crippen molar-refractivity contribution in [1.82, 2.24) is 10.2 Å². The van der Waals surface area contributed by atoms with Crippen molar-refractivity contribution in [1.29, 1.82) is 0 Å². The zero-order valence-electron chi connectivity index (χ0n) is 16.0. The molecule has 1 saturated heterocycles. The first kappa shape index (κ1) is 19.5. The van der Waals surface area contributed by atoms with E-state index < -0.39 is 6.04 Å². The zero-order chi connectivity index (χ0) is 20.1. The van der Waals surface area contributed by atoms with Gasteiger partial charge in [-0.1, -0.05) is 47.6 Å². The van der Waals surface area contributed by atoms with Crippen molar-refractivity contribution in [3.8, 4) is 0 Å². The number of hydrogen-bond donors (Lipinski definition) is 1. The minimum atomic E-state index is -0.698. The Morgan fingerprint density at radius 3 is 2.68 bits per heavy atom. The van der Waals surface area contributed by atoms with Gasteiger partial charge in [0.05, 0.1) is 18.7 Å². The summed E-state index contributed by atoms with van der Waals surface area (Å²) in [6.07, 6.45) is 0.0617. The molecular formula is C21H23N3O4. The lowest BCUT2D eigenvalue weighted by atomic mass is 10.0. The predicted molar refractivity (Wildman–Crippen MR) is 106 cm³/mol. The fourth-order valence-corrected chi connectivity index (χ4v) is 3.46. The van der Waals surface area contributed by atoms with Crippen molar-refractivity contribution in [2.75, 3.05) is 13.7 Å². The molecular weight excluding hydrogens is 358 g/mol. The predicted octanol–water partition coefficient (Wildman–Crippen LogP) is 2.04. The van der Waals surface area contributed by atoms with E-state index in [0.717, 1.165) is 16.3 Å². The van der Waals surface area contributed by atoms with E-state index in [4.69, 9.17) is 4.84 Å². The van der Waals surface area contributed by atoms with Gasteiger partial charge < -0.3 is 15.1 Å². The number of amides is 2. The minimum Gasteiger partial charge on any atom is -0.399 e. The van der Waals surface area contributed by atoms with Gasteiger partial charge >= 0.3 is 0 Å². The Morgan fingerprint density at radius 1 is 1.18 bits per heavy atom. The lowest BCUT2D eigenvalue weighted by molar-refractivity contribution is -0.140. The number of hydrogen-bond acceptors (Lipinski definition) is 5. The van der Waals surface area contributed by atoms with Crippen LogP contribution in [0.4, 0.5) is 0 Å². The molecule has 0 spiro atoms. The summed E-state index contributed by atoms with van der Waals surface area (Å²) in [6.45, 7) is 1.89. The van der Waals surface area contributed by atoms with Gasteiger partial charge in [0.2, 0.25) is 11.8 Å². The number of nitrogens with zero attached hydrogens (tertiary/aromatic N) is 2. The van der Waals surface area contributed by atoms with Gasteiger partial charge in [0.25, 0.3) is 0 Å². The monoisotopic (exact) mass is 381 g/mol. The second-order valence-corrected chi connectivity index (χ2v) is 6.82. The molecule has 2 aromatic rings. The Bertz CT molecular complexity index is 933. The van der Waals surface area contributed by atoms with Crippen LogP contribution < -0.4 is 5.32 Å². The van der Waals surface area contributed by atoms with Gasteiger partial charge in [-0.25, -0.2) is 0 Å². The lowest BCUT2D eigenvalue weighted by Gasteiger charge is -2.23. The smallest absolute Gasteiger partial charge is 0.243 e. The maximum Gasteiger partial charge on any atom is 0.243 e. The van der Waals surface area contributed by atoms with Crippen LogP contribution >= 0.6 is 0 Å². The summed E-state index contributed by atoms with van der Waals surface area (Å²) in [7, 11) is 1.42. The van der Waals surface area contributed by atoms with Gasteiger partial charge in [-0.2, -0.15) is 0 Å². The highest BCUT2D eigenvalue weighted by molar-refractivity contribution is 6.04. The van der Waals surface area contributed by atoms with Crippen LogP contribution in [-0.4, -0.2) is 47.9 Å². The highest BCUT2D eigenvalue weighted by Gasteiger charge is 2.38. The van der Waals surface area contributed by atoms with Gasteiger partial charge in [-0.15, -0.1) is 0 Å². The molecule has 0 bridgehead atoms. The molecule has 1 unspecified atom stereocenters. The molecule has 146 valence electrons. The molecule has 1 fully saturated rings. The second-order valence-electron chi connectivity index (χ2n) is 6.82. The van der Waals surface area contributed by atoms with Crippen molar-refractivity contribution in [3.63, 3.8) is 0 Å². The van der Waals surface area contributed by atoms with Crippen molar-refractivity contribution >= 4 is 34.1 Å². The quantitative estimate of drug-likeness (QED) is 0.613. The molecule has 2 aromatic carbocycles. The molecule has 1 N–H and O–H groups in total. The number of oxime groups is 1. The Kier molecular flexibility index (Phi) is 6.03. The van der Waals surface area contributed by atoms with Crippen LogP contribution in [0.15, 0.2) is 47.6 Å². The van der Waals surface area contributed by atoms with Crippen molar-refractivity contribution in [2.24, 2.45) is 5.16 Å². The molecule has 0 aromatic heterocycles. The van der Waals surface area contributed by atoms with Crippen molar-refractivity contribution in [3.05, 3.63) is 48.0 Å². The van der Waals surface area contributed by atoms with Crippen LogP contribution in [0.2, 0.25) is 0 Å². The maximum absolute atomic E-state index is 12.8. The van der Waals surface area contributed by atoms with Gasteiger partial charge in [0.1, 0.15) is 18.9 Å². The number of likely N-dealkylation sites (tertiary alicyclic amines) is 1. The number of carbonyl (C=O) groups is 3. The summed E-state index contributed by atoms with van der Waals surface area (Å²) in [5.74, 6) is -0.887. The molecule has 1 atom stereocenters. The summed E-state index contributed by atoms with van der Waals surface area (Å²) in [4.78, 5) is 42.7. The van der Waals surface area contributed by atoms with Crippen molar-refractivity contribution < 1.29 is 19.2 Å². The molecule has 1 aliphatic rings. The van der Waals surface area contributed by atoms with Gasteiger partial charge in [0.15, 0.2) is 0 Å². The number of ketones is 1. The molecule has 3 rings (SSSR count). The highest BCUT2D eigenvalue weighted by Crippen LogP contribution is 2.20. The molecule has 28 heavy (non-hydrogen) atoms. The number of Topliss-reactive ketones (excluding diaryl/α,β-unsaturated/α-hetero) is 1. The topological polar surface area (TPSA) is 88.1 Å². The molecule has 1 heterocycles. The van der Waals surface area contributed by atoms with Crippen LogP contribution in [0.25, 0.3) is 10.8 Å². The summed E-state index contributed by atoms with van der Waals surface area (Å²) in [5.41, 5.74) is 1.60. The third-order valence-corrected chi connectivity index (χ3v) is 4.73. The molecule has 7 heteroatoms. The van der Waals surface area contributed by atoms with Gasteiger partial charge in [-0.3, -0.25) is 14.4 Å². The zero-order valence-corrected chi connectivity index (χ0v) is 16.0. The van der Waals surface area contributed by atoms with Crippen LogP contribution in [0.1, 0.15) is 25.3 Å². The van der Waals surface area contributed by atoms with E-state index in [1.165, 1.54) is 18.9 Å². The third-order valence-electron chi connectivity index (χ3n) is 4.73. The molecule has 0 radical (unpaired) electrons. The van der Waals surface area contributed by atoms with Gasteiger partial charge in [-0.05, 0) is 23.3 Å². The van der Waals surface area contributed by atoms with Crippen LogP contribution in [-0.2, 0) is 25.8 Å². The lowest BCUT2D eigenvalue weighted by Crippen LogP contribution is -2.46. The standard InChI is InChI=1S/C21H23N3O4/c1-14(25)10-20(26)24-13-17(23-28-2)11-19(24)21(27)22-12-16-8-5-7-15-6-3-4-9-18(15)16/h3-9,19H,10-13H2,1-2H3,(H,22,27)/b23-17+. The van der Waals surface area contributed by atoms with Crippen LogP contribution in [0.5, 0.6) is 0 Å². The number of nitrogens with one attached hydrogen (secondary N) is 1.